The Labute approximate surface area is 125 Å². The Morgan fingerprint density at radius 3 is 2.38 bits per heavy atom. The molecule has 2 N–H and O–H groups in total. The lowest BCUT2D eigenvalue weighted by Crippen LogP contribution is -2.06. The van der Waals surface area contributed by atoms with E-state index < -0.39 is 0 Å². The molecule has 0 unspecified atom stereocenters. The summed E-state index contributed by atoms with van der Waals surface area (Å²) in [7, 11) is 1.83. The Morgan fingerprint density at radius 2 is 1.86 bits per heavy atom. The van der Waals surface area contributed by atoms with E-state index in [1.165, 1.54) is 0 Å². The standard InChI is InChI=1S/C16H21N3O2/c1-10(2)14-18-15(17-4)11(3)16(19-14)21-13-7-5-12(9-20)6-8-13/h5-8,10,20H,9H2,1-4H3,(H,17,18,19). The maximum absolute atomic E-state index is 9.06. The Hall–Kier alpha value is -2.14. The van der Waals surface area contributed by atoms with E-state index in [9.17, 15) is 0 Å². The molecule has 2 rings (SSSR count). The second-order valence-corrected chi connectivity index (χ2v) is 5.17. The van der Waals surface area contributed by atoms with Crippen molar-refractivity contribution in [3.05, 3.63) is 41.2 Å². The summed E-state index contributed by atoms with van der Waals surface area (Å²) in [6, 6.07) is 7.30. The normalized spacial score (nSPS) is 10.8. The molecule has 0 radical (unpaired) electrons. The fourth-order valence-corrected chi connectivity index (χ4v) is 1.89. The molecule has 0 aliphatic rings. The predicted octanol–water partition coefficient (Wildman–Crippen LogP) is 3.23. The highest BCUT2D eigenvalue weighted by molar-refractivity contribution is 5.49. The van der Waals surface area contributed by atoms with Gasteiger partial charge < -0.3 is 15.2 Å². The van der Waals surface area contributed by atoms with E-state index >= 15 is 0 Å². The Morgan fingerprint density at radius 1 is 1.19 bits per heavy atom. The van der Waals surface area contributed by atoms with E-state index in [1.807, 2.05) is 52.1 Å². The fraction of sp³-hybridized carbons (Fsp3) is 0.375. The Balaban J connectivity index is 2.35. The van der Waals surface area contributed by atoms with Gasteiger partial charge >= 0.3 is 0 Å². The van der Waals surface area contributed by atoms with Crippen molar-refractivity contribution in [2.24, 2.45) is 0 Å². The number of hydrogen-bond donors (Lipinski definition) is 2. The van der Waals surface area contributed by atoms with E-state index in [2.05, 4.69) is 15.3 Å². The van der Waals surface area contributed by atoms with Crippen LogP contribution in [-0.4, -0.2) is 22.1 Å². The third kappa shape index (κ3) is 3.49. The molecule has 0 saturated heterocycles. The van der Waals surface area contributed by atoms with Gasteiger partial charge in [-0.3, -0.25) is 0 Å². The molecule has 0 fully saturated rings. The molecule has 21 heavy (non-hydrogen) atoms. The summed E-state index contributed by atoms with van der Waals surface area (Å²) in [6.07, 6.45) is 0. The lowest BCUT2D eigenvalue weighted by atomic mass is 10.2. The molecule has 5 heteroatoms. The van der Waals surface area contributed by atoms with Crippen molar-refractivity contribution >= 4 is 5.82 Å². The molecule has 5 nitrogen and oxygen atoms in total. The van der Waals surface area contributed by atoms with E-state index in [1.54, 1.807) is 0 Å². The van der Waals surface area contributed by atoms with Gasteiger partial charge in [-0.1, -0.05) is 26.0 Å². The van der Waals surface area contributed by atoms with E-state index in [4.69, 9.17) is 9.84 Å². The van der Waals surface area contributed by atoms with Gasteiger partial charge in [-0.15, -0.1) is 0 Å². The Kier molecular flexibility index (Phi) is 4.75. The molecule has 1 aromatic carbocycles. The van der Waals surface area contributed by atoms with Crippen LogP contribution in [0.5, 0.6) is 11.6 Å². The molecule has 0 saturated carbocycles. The summed E-state index contributed by atoms with van der Waals surface area (Å²) in [6.45, 7) is 6.04. The summed E-state index contributed by atoms with van der Waals surface area (Å²) in [5.41, 5.74) is 1.72. The largest absolute Gasteiger partial charge is 0.439 e. The lowest BCUT2D eigenvalue weighted by molar-refractivity contribution is 0.281. The molecule has 2 aromatic rings. The van der Waals surface area contributed by atoms with Gasteiger partial charge in [0.15, 0.2) is 0 Å². The average Bonchev–Trinajstić information content (AvgIpc) is 2.49. The first-order chi connectivity index (χ1) is 10.0. The number of nitrogens with one attached hydrogen (secondary N) is 1. The maximum Gasteiger partial charge on any atom is 0.227 e. The van der Waals surface area contributed by atoms with E-state index in [0.29, 0.717) is 11.6 Å². The second-order valence-electron chi connectivity index (χ2n) is 5.17. The fourth-order valence-electron chi connectivity index (χ4n) is 1.89. The van der Waals surface area contributed by atoms with Gasteiger partial charge in [0, 0.05) is 13.0 Å². The van der Waals surface area contributed by atoms with Gasteiger partial charge in [0.05, 0.1) is 12.2 Å². The second kappa shape index (κ2) is 6.54. The quantitative estimate of drug-likeness (QED) is 0.883. The van der Waals surface area contributed by atoms with Crippen LogP contribution in [0.25, 0.3) is 0 Å². The maximum atomic E-state index is 9.06. The number of aromatic nitrogens is 2. The first kappa shape index (κ1) is 15.3. The van der Waals surface area contributed by atoms with Gasteiger partial charge in [0.1, 0.15) is 17.4 Å². The molecule has 112 valence electrons. The molecular formula is C16H21N3O2. The summed E-state index contributed by atoms with van der Waals surface area (Å²) < 4.78 is 5.87. The Bertz CT molecular complexity index is 610. The molecule has 0 spiro atoms. The van der Waals surface area contributed by atoms with Gasteiger partial charge in [0.2, 0.25) is 5.88 Å². The average molecular weight is 287 g/mol. The topological polar surface area (TPSA) is 67.3 Å². The van der Waals surface area contributed by atoms with Crippen molar-refractivity contribution in [2.75, 3.05) is 12.4 Å². The number of rotatable bonds is 5. The third-order valence-electron chi connectivity index (χ3n) is 3.19. The number of anilines is 1. The predicted molar refractivity (Wildman–Crippen MR) is 82.8 cm³/mol. The van der Waals surface area contributed by atoms with Crippen LogP contribution < -0.4 is 10.1 Å². The SMILES string of the molecule is CNc1nc(C(C)C)nc(Oc2ccc(CO)cc2)c1C. The van der Waals surface area contributed by atoms with Crippen LogP contribution in [0.4, 0.5) is 5.82 Å². The zero-order valence-corrected chi connectivity index (χ0v) is 12.8. The molecule has 0 aliphatic heterocycles. The number of aliphatic hydroxyl groups is 1. The first-order valence-electron chi connectivity index (χ1n) is 6.99. The van der Waals surface area contributed by atoms with Crippen molar-refractivity contribution in [3.63, 3.8) is 0 Å². The van der Waals surface area contributed by atoms with Crippen LogP contribution in [0, 0.1) is 6.92 Å². The molecule has 1 aromatic heterocycles. The van der Waals surface area contributed by atoms with Gasteiger partial charge in [-0.25, -0.2) is 4.98 Å². The van der Waals surface area contributed by atoms with E-state index in [-0.39, 0.29) is 12.5 Å². The van der Waals surface area contributed by atoms with Crippen LogP contribution in [0.2, 0.25) is 0 Å². The van der Waals surface area contributed by atoms with Crippen molar-refractivity contribution in [3.8, 4) is 11.6 Å². The van der Waals surface area contributed by atoms with Crippen LogP contribution in [0.3, 0.4) is 0 Å². The van der Waals surface area contributed by atoms with Crippen LogP contribution >= 0.6 is 0 Å². The molecule has 1 heterocycles. The summed E-state index contributed by atoms with van der Waals surface area (Å²) in [5, 5.41) is 12.1. The van der Waals surface area contributed by atoms with Crippen LogP contribution in [0.15, 0.2) is 24.3 Å². The smallest absolute Gasteiger partial charge is 0.227 e. The summed E-state index contributed by atoms with van der Waals surface area (Å²) >= 11 is 0. The van der Waals surface area contributed by atoms with Gasteiger partial charge in [0.25, 0.3) is 0 Å². The minimum atomic E-state index is 0.0220. The monoisotopic (exact) mass is 287 g/mol. The zero-order chi connectivity index (χ0) is 15.4. The number of ether oxygens (including phenoxy) is 1. The van der Waals surface area contributed by atoms with Crippen molar-refractivity contribution in [2.45, 2.75) is 33.3 Å². The van der Waals surface area contributed by atoms with Crippen molar-refractivity contribution in [1.29, 1.82) is 0 Å². The molecule has 0 atom stereocenters. The minimum absolute atomic E-state index is 0.0220. The highest BCUT2D eigenvalue weighted by atomic mass is 16.5. The van der Waals surface area contributed by atoms with Crippen molar-refractivity contribution < 1.29 is 9.84 Å². The van der Waals surface area contributed by atoms with E-state index in [0.717, 1.165) is 22.8 Å². The number of benzene rings is 1. The highest BCUT2D eigenvalue weighted by Crippen LogP contribution is 2.28. The first-order valence-corrected chi connectivity index (χ1v) is 6.99. The van der Waals surface area contributed by atoms with Crippen molar-refractivity contribution in [1.82, 2.24) is 9.97 Å². The van der Waals surface area contributed by atoms with Gasteiger partial charge in [-0.05, 0) is 24.6 Å². The summed E-state index contributed by atoms with van der Waals surface area (Å²) in [5.74, 6) is 2.97. The zero-order valence-electron chi connectivity index (χ0n) is 12.8. The summed E-state index contributed by atoms with van der Waals surface area (Å²) in [4.78, 5) is 8.98. The number of aliphatic hydroxyl groups excluding tert-OH is 1. The molecule has 0 aliphatic carbocycles. The minimum Gasteiger partial charge on any atom is -0.439 e. The third-order valence-corrected chi connectivity index (χ3v) is 3.19. The number of hydrogen-bond acceptors (Lipinski definition) is 5. The molecular weight excluding hydrogens is 266 g/mol. The molecule has 0 bridgehead atoms. The highest BCUT2D eigenvalue weighted by Gasteiger charge is 2.14. The lowest BCUT2D eigenvalue weighted by Gasteiger charge is -2.14. The van der Waals surface area contributed by atoms with Crippen LogP contribution in [-0.2, 0) is 6.61 Å². The van der Waals surface area contributed by atoms with Crippen LogP contribution in [0.1, 0.15) is 36.7 Å². The van der Waals surface area contributed by atoms with Gasteiger partial charge in [-0.2, -0.15) is 4.98 Å². The molecule has 0 amide bonds. The number of nitrogens with zero attached hydrogens (tertiary/aromatic N) is 2.